The minimum absolute atomic E-state index is 0.0427. The molecule has 1 atom stereocenters. The van der Waals surface area contributed by atoms with Crippen LogP contribution < -0.4 is 21.9 Å². The number of pyridine rings is 1. The Morgan fingerprint density at radius 1 is 1.18 bits per heavy atom. The molecule has 0 saturated carbocycles. The molecule has 11 nitrogen and oxygen atoms in total. The van der Waals surface area contributed by atoms with Crippen LogP contribution in [-0.2, 0) is 29.2 Å². The molecule has 2 N–H and O–H groups in total. The maximum absolute atomic E-state index is 14.1. The van der Waals surface area contributed by atoms with E-state index in [2.05, 4.69) is 16.8 Å². The highest BCUT2D eigenvalue weighted by atomic mass is 16.5. The first-order chi connectivity index (χ1) is 18.8. The summed E-state index contributed by atoms with van der Waals surface area (Å²) in [5, 5.41) is 1.79. The van der Waals surface area contributed by atoms with Gasteiger partial charge in [-0.1, -0.05) is 30.2 Å². The van der Waals surface area contributed by atoms with E-state index in [-0.39, 0.29) is 30.3 Å². The number of carbonyl (C=O) groups is 1. The quantitative estimate of drug-likeness (QED) is 0.293. The van der Waals surface area contributed by atoms with Crippen molar-refractivity contribution in [2.45, 2.75) is 52.4 Å². The van der Waals surface area contributed by atoms with E-state index in [0.717, 1.165) is 33.9 Å². The van der Waals surface area contributed by atoms with Gasteiger partial charge < -0.3 is 15.4 Å². The molecule has 4 aromatic rings. The van der Waals surface area contributed by atoms with E-state index in [1.165, 1.54) is 11.7 Å². The number of hydrogen-bond acceptors (Lipinski definition) is 8. The van der Waals surface area contributed by atoms with Gasteiger partial charge in [0.1, 0.15) is 6.54 Å². The zero-order valence-electron chi connectivity index (χ0n) is 22.3. The zero-order chi connectivity index (χ0) is 27.7. The number of ether oxygens (including phenoxy) is 1. The highest BCUT2D eigenvalue weighted by Gasteiger charge is 2.27. The second kappa shape index (κ2) is 10.7. The molecule has 3 aromatic heterocycles. The van der Waals surface area contributed by atoms with Gasteiger partial charge in [0, 0.05) is 30.2 Å². The molecular formula is C28H31N7O4. The highest BCUT2D eigenvalue weighted by molar-refractivity contribution is 5.85. The third-order valence-corrected chi connectivity index (χ3v) is 7.02. The third-order valence-electron chi connectivity index (χ3n) is 7.02. The van der Waals surface area contributed by atoms with Crippen molar-refractivity contribution in [3.8, 4) is 11.8 Å². The molecule has 1 aromatic carbocycles. The van der Waals surface area contributed by atoms with Gasteiger partial charge in [0.05, 0.1) is 25.9 Å². The number of piperidine rings is 1. The fraction of sp³-hybridized carbons (Fsp3) is 0.393. The van der Waals surface area contributed by atoms with E-state index in [4.69, 9.17) is 15.5 Å². The molecule has 1 aliphatic heterocycles. The van der Waals surface area contributed by atoms with E-state index in [9.17, 15) is 14.4 Å². The van der Waals surface area contributed by atoms with Gasteiger partial charge in [0.25, 0.3) is 5.56 Å². The number of nitrogens with zero attached hydrogens (tertiary/aromatic N) is 6. The van der Waals surface area contributed by atoms with E-state index >= 15 is 0 Å². The molecule has 202 valence electrons. The fourth-order valence-electron chi connectivity index (χ4n) is 5.18. The predicted octanol–water partition coefficient (Wildman–Crippen LogP) is 1.39. The number of nitrogens with two attached hydrogens (primary N) is 1. The lowest BCUT2D eigenvalue weighted by molar-refractivity contribution is -0.141. The Morgan fingerprint density at radius 2 is 1.97 bits per heavy atom. The Morgan fingerprint density at radius 3 is 2.72 bits per heavy atom. The van der Waals surface area contributed by atoms with Gasteiger partial charge >= 0.3 is 11.7 Å². The molecule has 4 heterocycles. The van der Waals surface area contributed by atoms with Crippen molar-refractivity contribution in [1.82, 2.24) is 23.7 Å². The van der Waals surface area contributed by atoms with E-state index in [0.29, 0.717) is 24.7 Å². The van der Waals surface area contributed by atoms with Gasteiger partial charge in [-0.05, 0) is 38.1 Å². The number of esters is 1. The van der Waals surface area contributed by atoms with Gasteiger partial charge in [-0.25, -0.2) is 4.79 Å². The number of methoxy groups -OCH3 is 1. The van der Waals surface area contributed by atoms with Crippen molar-refractivity contribution in [2.75, 3.05) is 25.1 Å². The van der Waals surface area contributed by atoms with Gasteiger partial charge in [-0.3, -0.25) is 28.3 Å². The maximum atomic E-state index is 14.1. The molecular weight excluding hydrogens is 498 g/mol. The molecule has 39 heavy (non-hydrogen) atoms. The van der Waals surface area contributed by atoms with Crippen LogP contribution >= 0.6 is 0 Å². The predicted molar refractivity (Wildman–Crippen MR) is 149 cm³/mol. The molecule has 0 spiro atoms. The van der Waals surface area contributed by atoms with Gasteiger partial charge in [-0.2, -0.15) is 4.98 Å². The maximum Gasteiger partial charge on any atom is 0.333 e. The number of imidazole rings is 1. The van der Waals surface area contributed by atoms with Crippen molar-refractivity contribution in [3.63, 3.8) is 0 Å². The summed E-state index contributed by atoms with van der Waals surface area (Å²) in [5.74, 6) is 5.76. The smallest absolute Gasteiger partial charge is 0.333 e. The molecule has 1 fully saturated rings. The Kier molecular flexibility index (Phi) is 7.21. The lowest BCUT2D eigenvalue weighted by Gasteiger charge is -2.31. The Hall–Kier alpha value is -4.43. The molecule has 0 aliphatic carbocycles. The first-order valence-corrected chi connectivity index (χ1v) is 12.9. The number of carbonyl (C=O) groups excluding carboxylic acids is 1. The lowest BCUT2D eigenvalue weighted by atomic mass is 10.1. The lowest BCUT2D eigenvalue weighted by Crippen LogP contribution is -2.44. The number of fused-ring (bicyclic) bond motifs is 2. The normalized spacial score (nSPS) is 15.4. The van der Waals surface area contributed by atoms with Crippen LogP contribution in [0, 0.1) is 18.8 Å². The second-order valence-corrected chi connectivity index (χ2v) is 9.71. The first-order valence-electron chi connectivity index (χ1n) is 12.9. The zero-order valence-corrected chi connectivity index (χ0v) is 22.3. The SMILES string of the molecule is CC#CCn1c(N2CCCC(N)C2)nc2c1c(=O)n(Cc1nc(C)cc3ccccc13)c(=O)n2CC(=O)OC. The van der Waals surface area contributed by atoms with Crippen LogP contribution in [0.5, 0.6) is 0 Å². The van der Waals surface area contributed by atoms with Gasteiger partial charge in [0.15, 0.2) is 11.2 Å². The molecule has 11 heteroatoms. The number of hydrogen-bond donors (Lipinski definition) is 1. The standard InChI is InChI=1S/C28H31N7O4/c1-4-5-13-33-24-25(31-27(33)32-12-8-10-20(29)15-32)34(17-23(36)39-3)28(38)35(26(24)37)16-22-21-11-7-6-9-19(21)14-18(2)30-22/h6-7,9,11,14,20H,8,10,12-13,15-17,29H2,1-3H3. The number of rotatable bonds is 6. The van der Waals surface area contributed by atoms with Crippen molar-refractivity contribution in [1.29, 1.82) is 0 Å². The Bertz CT molecular complexity index is 1760. The molecule has 5 rings (SSSR count). The van der Waals surface area contributed by atoms with Crippen LogP contribution in [0.4, 0.5) is 5.95 Å². The second-order valence-electron chi connectivity index (χ2n) is 9.71. The highest BCUT2D eigenvalue weighted by Crippen LogP contribution is 2.24. The van der Waals surface area contributed by atoms with E-state index in [1.807, 2.05) is 42.2 Å². The van der Waals surface area contributed by atoms with Crippen LogP contribution in [0.2, 0.25) is 0 Å². The molecule has 1 unspecified atom stereocenters. The van der Waals surface area contributed by atoms with Crippen LogP contribution in [0.1, 0.15) is 31.2 Å². The summed E-state index contributed by atoms with van der Waals surface area (Å²) in [4.78, 5) is 51.7. The van der Waals surface area contributed by atoms with Crippen LogP contribution in [0.25, 0.3) is 21.9 Å². The Balaban J connectivity index is 1.79. The van der Waals surface area contributed by atoms with E-state index < -0.39 is 23.8 Å². The number of aromatic nitrogens is 5. The van der Waals surface area contributed by atoms with Crippen molar-refractivity contribution in [3.05, 3.63) is 62.6 Å². The summed E-state index contributed by atoms with van der Waals surface area (Å²) in [6, 6.07) is 9.59. The molecule has 0 amide bonds. The number of anilines is 1. The summed E-state index contributed by atoms with van der Waals surface area (Å²) in [6.45, 7) is 4.55. The Labute approximate surface area is 224 Å². The summed E-state index contributed by atoms with van der Waals surface area (Å²) < 4.78 is 8.90. The number of aryl methyl sites for hydroxylation is 1. The number of benzene rings is 1. The van der Waals surface area contributed by atoms with E-state index in [1.54, 1.807) is 11.5 Å². The van der Waals surface area contributed by atoms with Crippen LogP contribution in [0.15, 0.2) is 39.9 Å². The van der Waals surface area contributed by atoms with Crippen molar-refractivity contribution < 1.29 is 9.53 Å². The minimum Gasteiger partial charge on any atom is -0.468 e. The minimum atomic E-state index is -0.668. The van der Waals surface area contributed by atoms with Crippen molar-refractivity contribution in [2.24, 2.45) is 5.73 Å². The molecule has 0 radical (unpaired) electrons. The average molecular weight is 530 g/mol. The van der Waals surface area contributed by atoms with Gasteiger partial charge in [0.2, 0.25) is 5.95 Å². The fourth-order valence-corrected chi connectivity index (χ4v) is 5.18. The summed E-state index contributed by atoms with van der Waals surface area (Å²) in [7, 11) is 1.25. The molecule has 0 bridgehead atoms. The van der Waals surface area contributed by atoms with Gasteiger partial charge in [-0.15, -0.1) is 5.92 Å². The third kappa shape index (κ3) is 4.91. The topological polar surface area (TPSA) is 130 Å². The summed E-state index contributed by atoms with van der Waals surface area (Å²) in [6.07, 6.45) is 1.76. The summed E-state index contributed by atoms with van der Waals surface area (Å²) >= 11 is 0. The van der Waals surface area contributed by atoms with Crippen LogP contribution in [-0.4, -0.2) is 55.9 Å². The summed E-state index contributed by atoms with van der Waals surface area (Å²) in [5.41, 5.74) is 6.69. The molecule has 1 aliphatic rings. The van der Waals surface area contributed by atoms with Crippen molar-refractivity contribution >= 4 is 33.9 Å². The van der Waals surface area contributed by atoms with Crippen LogP contribution in [0.3, 0.4) is 0 Å². The monoisotopic (exact) mass is 529 g/mol. The average Bonchev–Trinajstić information content (AvgIpc) is 3.31. The first kappa shape index (κ1) is 26.2. The molecule has 1 saturated heterocycles. The largest absolute Gasteiger partial charge is 0.468 e.